The zero-order valence-corrected chi connectivity index (χ0v) is 19.6. The van der Waals surface area contributed by atoms with Gasteiger partial charge in [-0.3, -0.25) is 0 Å². The van der Waals surface area contributed by atoms with Crippen LogP contribution >= 0.6 is 11.3 Å². The number of aromatic nitrogens is 1. The first kappa shape index (κ1) is 21.9. The fourth-order valence-corrected chi connectivity index (χ4v) is 5.37. The average molecular weight is 440 g/mol. The van der Waals surface area contributed by atoms with Crippen molar-refractivity contribution in [1.29, 1.82) is 0 Å². The lowest BCUT2D eigenvalue weighted by Gasteiger charge is -2.23. The molecule has 0 bridgehead atoms. The lowest BCUT2D eigenvalue weighted by molar-refractivity contribution is 0.355. The van der Waals surface area contributed by atoms with Crippen molar-refractivity contribution in [2.45, 2.75) is 51.5 Å². The molecule has 5 nitrogen and oxygen atoms in total. The zero-order valence-electron chi connectivity index (χ0n) is 18.8. The molecule has 0 atom stereocenters. The number of anilines is 2. The topological polar surface area (TPSA) is 46.6 Å². The van der Waals surface area contributed by atoms with E-state index in [0.29, 0.717) is 6.04 Å². The van der Waals surface area contributed by atoms with Gasteiger partial charge in [0.25, 0.3) is 0 Å². The number of benzene rings is 2. The predicted octanol–water partition coefficient (Wildman–Crippen LogP) is 5.94. The molecule has 1 N–H and O–H groups in total. The Morgan fingerprint density at radius 3 is 2.61 bits per heavy atom. The van der Waals surface area contributed by atoms with Crippen LogP contribution < -0.4 is 19.7 Å². The number of aryl methyl sites for hydroxylation is 1. The molecule has 0 unspecified atom stereocenters. The van der Waals surface area contributed by atoms with Crippen LogP contribution in [0.4, 0.5) is 10.8 Å². The normalized spacial score (nSPS) is 14.3. The van der Waals surface area contributed by atoms with Crippen LogP contribution in [-0.4, -0.2) is 38.3 Å². The van der Waals surface area contributed by atoms with Crippen molar-refractivity contribution in [3.05, 3.63) is 42.0 Å². The molecule has 1 aliphatic rings. The monoisotopic (exact) mass is 439 g/mol. The first-order valence-electron chi connectivity index (χ1n) is 11.3. The van der Waals surface area contributed by atoms with Crippen LogP contribution in [0.5, 0.6) is 11.5 Å². The Morgan fingerprint density at radius 2 is 1.87 bits per heavy atom. The molecular weight excluding hydrogens is 406 g/mol. The Bertz CT molecular complexity index is 998. The van der Waals surface area contributed by atoms with E-state index in [1.807, 2.05) is 12.1 Å². The molecular formula is C25H33N3O2S. The van der Waals surface area contributed by atoms with E-state index in [4.69, 9.17) is 14.5 Å². The molecule has 6 heteroatoms. The van der Waals surface area contributed by atoms with Gasteiger partial charge in [0, 0.05) is 24.3 Å². The molecule has 1 aliphatic carbocycles. The van der Waals surface area contributed by atoms with Gasteiger partial charge in [0.05, 0.1) is 24.4 Å². The molecule has 1 fully saturated rings. The summed E-state index contributed by atoms with van der Waals surface area (Å²) in [6, 6.07) is 13.4. The summed E-state index contributed by atoms with van der Waals surface area (Å²) in [5, 5.41) is 4.76. The van der Waals surface area contributed by atoms with Gasteiger partial charge < -0.3 is 19.7 Å². The van der Waals surface area contributed by atoms with E-state index in [1.54, 1.807) is 25.6 Å². The number of methoxy groups -OCH3 is 2. The van der Waals surface area contributed by atoms with Crippen molar-refractivity contribution >= 4 is 32.4 Å². The number of nitrogens with zero attached hydrogens (tertiary/aromatic N) is 2. The Balaban J connectivity index is 1.58. The Morgan fingerprint density at radius 1 is 1.06 bits per heavy atom. The molecule has 3 aromatic rings. The minimum atomic E-state index is 0.699. The minimum absolute atomic E-state index is 0.699. The lowest BCUT2D eigenvalue weighted by Crippen LogP contribution is -2.29. The van der Waals surface area contributed by atoms with Crippen molar-refractivity contribution in [1.82, 2.24) is 10.3 Å². The van der Waals surface area contributed by atoms with Crippen LogP contribution in [0.25, 0.3) is 10.2 Å². The van der Waals surface area contributed by atoms with Crippen molar-refractivity contribution < 1.29 is 9.47 Å². The van der Waals surface area contributed by atoms with Crippen molar-refractivity contribution in [2.75, 3.05) is 32.2 Å². The number of rotatable bonds is 10. The van der Waals surface area contributed by atoms with Crippen LogP contribution in [0, 0.1) is 0 Å². The quantitative estimate of drug-likeness (QED) is 0.396. The highest BCUT2D eigenvalue weighted by Gasteiger charge is 2.18. The van der Waals surface area contributed by atoms with E-state index in [-0.39, 0.29) is 0 Å². The highest BCUT2D eigenvalue weighted by Crippen LogP contribution is 2.38. The molecule has 166 valence electrons. The Labute approximate surface area is 189 Å². The summed E-state index contributed by atoms with van der Waals surface area (Å²) in [5.41, 5.74) is 3.49. The third-order valence-electron chi connectivity index (χ3n) is 6.11. The van der Waals surface area contributed by atoms with E-state index in [2.05, 4.69) is 41.4 Å². The molecule has 0 saturated heterocycles. The van der Waals surface area contributed by atoms with Gasteiger partial charge in [-0.1, -0.05) is 37.2 Å². The number of fused-ring (bicyclic) bond motifs is 1. The summed E-state index contributed by atoms with van der Waals surface area (Å²) in [7, 11) is 3.35. The van der Waals surface area contributed by atoms with Gasteiger partial charge in [0.2, 0.25) is 0 Å². The maximum absolute atomic E-state index is 5.56. The van der Waals surface area contributed by atoms with Crippen LogP contribution in [0.15, 0.2) is 36.4 Å². The summed E-state index contributed by atoms with van der Waals surface area (Å²) < 4.78 is 12.2. The van der Waals surface area contributed by atoms with Crippen molar-refractivity contribution in [2.24, 2.45) is 0 Å². The van der Waals surface area contributed by atoms with Crippen LogP contribution in [-0.2, 0) is 6.42 Å². The summed E-state index contributed by atoms with van der Waals surface area (Å²) in [4.78, 5) is 7.29. The first-order valence-corrected chi connectivity index (χ1v) is 12.2. The lowest BCUT2D eigenvalue weighted by atomic mass is 10.2. The largest absolute Gasteiger partial charge is 0.493 e. The summed E-state index contributed by atoms with van der Waals surface area (Å²) in [6.45, 7) is 4.12. The van der Waals surface area contributed by atoms with E-state index in [0.717, 1.165) is 53.8 Å². The smallest absolute Gasteiger partial charge is 0.190 e. The fraction of sp³-hybridized carbons (Fsp3) is 0.480. The van der Waals surface area contributed by atoms with E-state index < -0.39 is 0 Å². The number of nitrogens with one attached hydrogen (secondary N) is 1. The molecule has 0 spiro atoms. The molecule has 2 aromatic carbocycles. The number of hydrogen-bond acceptors (Lipinski definition) is 6. The molecule has 1 aromatic heterocycles. The molecule has 4 rings (SSSR count). The predicted molar refractivity (Wildman–Crippen MR) is 130 cm³/mol. The molecule has 1 heterocycles. The number of ether oxygens (including phenoxy) is 2. The van der Waals surface area contributed by atoms with Crippen LogP contribution in [0.2, 0.25) is 0 Å². The summed E-state index contributed by atoms with van der Waals surface area (Å²) in [6.07, 6.45) is 7.45. The molecule has 0 aliphatic heterocycles. The highest BCUT2D eigenvalue weighted by atomic mass is 32.1. The summed E-state index contributed by atoms with van der Waals surface area (Å²) in [5.74, 6) is 1.48. The minimum Gasteiger partial charge on any atom is -0.493 e. The van der Waals surface area contributed by atoms with Gasteiger partial charge in [-0.05, 0) is 62.1 Å². The first-order chi connectivity index (χ1) is 15.2. The third-order valence-corrected chi connectivity index (χ3v) is 7.15. The Hall–Kier alpha value is -2.31. The molecule has 1 saturated carbocycles. The SMILES string of the molecule is CCc1ccc2nc(N(CCCNC3CCCC3)c3ccc(OC)c(OC)c3)sc2c1. The number of hydrogen-bond donors (Lipinski definition) is 1. The Kier molecular flexibility index (Phi) is 7.30. The zero-order chi connectivity index (χ0) is 21.6. The second-order valence-electron chi connectivity index (χ2n) is 8.13. The maximum Gasteiger partial charge on any atom is 0.190 e. The van der Waals surface area contributed by atoms with Gasteiger partial charge >= 0.3 is 0 Å². The van der Waals surface area contributed by atoms with Crippen LogP contribution in [0.3, 0.4) is 0 Å². The fourth-order valence-electron chi connectivity index (χ4n) is 4.29. The van der Waals surface area contributed by atoms with Gasteiger partial charge in [0.15, 0.2) is 16.6 Å². The van der Waals surface area contributed by atoms with Crippen molar-refractivity contribution in [3.63, 3.8) is 0 Å². The average Bonchev–Trinajstić information content (AvgIpc) is 3.47. The summed E-state index contributed by atoms with van der Waals surface area (Å²) >= 11 is 1.76. The van der Waals surface area contributed by atoms with Crippen LogP contribution in [0.1, 0.15) is 44.6 Å². The van der Waals surface area contributed by atoms with Crippen molar-refractivity contribution in [3.8, 4) is 11.5 Å². The molecule has 0 radical (unpaired) electrons. The van der Waals surface area contributed by atoms with Gasteiger partial charge in [-0.2, -0.15) is 0 Å². The van der Waals surface area contributed by atoms with E-state index in [9.17, 15) is 0 Å². The highest BCUT2D eigenvalue weighted by molar-refractivity contribution is 7.22. The third kappa shape index (κ3) is 5.13. The molecule has 0 amide bonds. The second-order valence-corrected chi connectivity index (χ2v) is 9.14. The number of thiazole rings is 1. The molecule has 31 heavy (non-hydrogen) atoms. The second kappa shape index (κ2) is 10.3. The van der Waals surface area contributed by atoms with Gasteiger partial charge in [0.1, 0.15) is 0 Å². The standard InChI is InChI=1S/C25H33N3O2S/c1-4-18-10-12-21-24(16-18)31-25(27-21)28(15-7-14-26-19-8-5-6-9-19)20-11-13-22(29-2)23(17-20)30-3/h10-13,16-17,19,26H,4-9,14-15H2,1-3H3. The van der Waals surface area contributed by atoms with Gasteiger partial charge in [-0.15, -0.1) is 0 Å². The van der Waals surface area contributed by atoms with Gasteiger partial charge in [-0.25, -0.2) is 4.98 Å². The van der Waals surface area contributed by atoms with E-state index >= 15 is 0 Å². The van der Waals surface area contributed by atoms with E-state index in [1.165, 1.54) is 35.9 Å². The maximum atomic E-state index is 5.56.